The zero-order valence-electron chi connectivity index (χ0n) is 10.8. The number of anilines is 1. The lowest BCUT2D eigenvalue weighted by molar-refractivity contribution is 0.904. The van der Waals surface area contributed by atoms with Gasteiger partial charge in [-0.2, -0.15) is 4.98 Å². The third-order valence-corrected chi connectivity index (χ3v) is 4.64. The van der Waals surface area contributed by atoms with Crippen LogP contribution in [0.5, 0.6) is 0 Å². The van der Waals surface area contributed by atoms with Crippen LogP contribution in [0.1, 0.15) is 0 Å². The van der Waals surface area contributed by atoms with Gasteiger partial charge in [0.2, 0.25) is 5.95 Å². The van der Waals surface area contributed by atoms with Gasteiger partial charge in [0.25, 0.3) is 0 Å². The highest BCUT2D eigenvalue weighted by Gasteiger charge is 2.20. The largest absolute Gasteiger partial charge is 0.380 e. The van der Waals surface area contributed by atoms with Gasteiger partial charge in [0.15, 0.2) is 8.24 Å². The second-order valence-corrected chi connectivity index (χ2v) is 15.5. The fourth-order valence-electron chi connectivity index (χ4n) is 1.19. The Morgan fingerprint density at radius 1 is 1.19 bits per heavy atom. The van der Waals surface area contributed by atoms with E-state index in [2.05, 4.69) is 54.2 Å². The monoisotopic (exact) mass is 256 g/mol. The van der Waals surface area contributed by atoms with Gasteiger partial charge in [0.1, 0.15) is 8.24 Å². The van der Waals surface area contributed by atoms with E-state index in [0.717, 1.165) is 0 Å². The van der Waals surface area contributed by atoms with Crippen molar-refractivity contribution in [3.63, 3.8) is 0 Å². The molecule has 0 aliphatic heterocycles. The third kappa shape index (κ3) is 3.56. The molecule has 0 aliphatic rings. The Morgan fingerprint density at radius 2 is 1.75 bits per heavy atom. The Kier molecular flexibility index (Phi) is 3.39. The van der Waals surface area contributed by atoms with E-state index < -0.39 is 16.5 Å². The molecule has 0 fully saturated rings. The Labute approximate surface area is 98.1 Å². The molecule has 0 amide bonds. The lowest BCUT2D eigenvalue weighted by Gasteiger charge is -2.20. The number of rotatable bonds is 3. The Hall–Kier alpha value is -0.956. The first-order chi connectivity index (χ1) is 7.09. The van der Waals surface area contributed by atoms with Crippen molar-refractivity contribution in [2.45, 2.75) is 39.3 Å². The summed E-state index contributed by atoms with van der Waals surface area (Å²) < 4.78 is 1.67. The summed E-state index contributed by atoms with van der Waals surface area (Å²) in [6.45, 7) is 12.7. The van der Waals surface area contributed by atoms with Crippen LogP contribution in [0.4, 0.5) is 5.95 Å². The number of hydrogen-bond acceptors (Lipinski definition) is 4. The van der Waals surface area contributed by atoms with Crippen LogP contribution in [0, 0.1) is 0 Å². The average Bonchev–Trinajstić information content (AvgIpc) is 1.97. The maximum atomic E-state index is 11.8. The van der Waals surface area contributed by atoms with E-state index in [9.17, 15) is 4.79 Å². The van der Waals surface area contributed by atoms with Crippen molar-refractivity contribution < 1.29 is 0 Å². The van der Waals surface area contributed by atoms with E-state index in [1.807, 2.05) is 0 Å². The number of nitrogens with zero attached hydrogens (tertiary/aromatic N) is 3. The van der Waals surface area contributed by atoms with Crippen LogP contribution < -0.4 is 10.7 Å². The number of hydrogen-bond donors (Lipinski definition) is 1. The van der Waals surface area contributed by atoms with Gasteiger partial charge < -0.3 is 9.22 Å². The summed E-state index contributed by atoms with van der Waals surface area (Å²) in [6.07, 6.45) is 1.62. The van der Waals surface area contributed by atoms with Gasteiger partial charge in [-0.05, 0) is 0 Å². The van der Waals surface area contributed by atoms with E-state index in [0.29, 0.717) is 5.95 Å². The normalized spacial score (nSPS) is 12.6. The average molecular weight is 256 g/mol. The minimum atomic E-state index is -1.70. The van der Waals surface area contributed by atoms with Crippen LogP contribution in [-0.2, 0) is 0 Å². The Bertz CT molecular complexity index is 430. The number of nitrogens with one attached hydrogen (secondary N) is 1. The molecule has 7 heteroatoms. The molecule has 0 saturated carbocycles. The highest BCUT2D eigenvalue weighted by Crippen LogP contribution is 2.05. The van der Waals surface area contributed by atoms with Gasteiger partial charge in [0.05, 0.1) is 6.33 Å². The molecule has 0 unspecified atom stereocenters. The first-order valence-electron chi connectivity index (χ1n) is 5.34. The lowest BCUT2D eigenvalue weighted by atomic mass is 11.0. The van der Waals surface area contributed by atoms with Crippen molar-refractivity contribution in [1.82, 2.24) is 14.2 Å². The molecule has 5 nitrogen and oxygen atoms in total. The molecule has 0 radical (unpaired) electrons. The standard InChI is InChI=1S/C9H20N4OSi2/c1-15(2,3)12-8-10-7-13(9(14)11-8)16(4,5)6/h7H,1-6H3,(H,11,12,14). The summed E-state index contributed by atoms with van der Waals surface area (Å²) in [7, 11) is -3.19. The summed E-state index contributed by atoms with van der Waals surface area (Å²) in [5.74, 6) is 0.457. The molecule has 1 rings (SSSR count). The highest BCUT2D eigenvalue weighted by atomic mass is 28.3. The molecule has 1 aromatic rings. The Balaban J connectivity index is 3.06. The van der Waals surface area contributed by atoms with Gasteiger partial charge in [-0.3, -0.25) is 0 Å². The van der Waals surface area contributed by atoms with Crippen molar-refractivity contribution in [2.75, 3.05) is 4.98 Å². The minimum Gasteiger partial charge on any atom is -0.380 e. The zero-order valence-corrected chi connectivity index (χ0v) is 12.8. The second kappa shape index (κ2) is 4.13. The molecule has 90 valence electrons. The first-order valence-corrected chi connectivity index (χ1v) is 12.3. The van der Waals surface area contributed by atoms with Gasteiger partial charge in [0, 0.05) is 0 Å². The first kappa shape index (κ1) is 13.1. The maximum Gasteiger partial charge on any atom is 0.343 e. The van der Waals surface area contributed by atoms with Crippen LogP contribution in [0.3, 0.4) is 0 Å². The van der Waals surface area contributed by atoms with Crippen molar-refractivity contribution in [3.8, 4) is 0 Å². The fourth-order valence-corrected chi connectivity index (χ4v) is 3.01. The van der Waals surface area contributed by atoms with Crippen LogP contribution in [0.25, 0.3) is 0 Å². The molecule has 0 spiro atoms. The topological polar surface area (TPSA) is 59.8 Å². The van der Waals surface area contributed by atoms with Crippen molar-refractivity contribution in [1.29, 1.82) is 0 Å². The van der Waals surface area contributed by atoms with E-state index in [1.54, 1.807) is 10.6 Å². The summed E-state index contributed by atoms with van der Waals surface area (Å²) >= 11 is 0. The molecule has 0 saturated heterocycles. The molecule has 1 N–H and O–H groups in total. The van der Waals surface area contributed by atoms with Crippen molar-refractivity contribution in [2.24, 2.45) is 0 Å². The molecule has 1 heterocycles. The van der Waals surface area contributed by atoms with Crippen LogP contribution in [0.2, 0.25) is 39.3 Å². The van der Waals surface area contributed by atoms with Crippen molar-refractivity contribution >= 4 is 22.4 Å². The number of aromatic nitrogens is 3. The molecule has 16 heavy (non-hydrogen) atoms. The summed E-state index contributed by atoms with van der Waals surface area (Å²) in [5, 5.41) is 0. The molecular weight excluding hydrogens is 236 g/mol. The lowest BCUT2D eigenvalue weighted by Crippen LogP contribution is -2.43. The van der Waals surface area contributed by atoms with Gasteiger partial charge in [-0.15, -0.1) is 0 Å². The molecule has 0 atom stereocenters. The van der Waals surface area contributed by atoms with Gasteiger partial charge >= 0.3 is 5.69 Å². The third-order valence-electron chi connectivity index (χ3n) is 1.91. The van der Waals surface area contributed by atoms with Crippen LogP contribution in [-0.4, -0.2) is 30.7 Å². The van der Waals surface area contributed by atoms with E-state index >= 15 is 0 Å². The fraction of sp³-hybridized carbons (Fsp3) is 0.667. The molecule has 0 bridgehead atoms. The van der Waals surface area contributed by atoms with E-state index in [4.69, 9.17) is 0 Å². The Morgan fingerprint density at radius 3 is 2.12 bits per heavy atom. The van der Waals surface area contributed by atoms with Crippen LogP contribution >= 0.6 is 0 Å². The smallest absolute Gasteiger partial charge is 0.343 e. The maximum absolute atomic E-state index is 11.8. The van der Waals surface area contributed by atoms with E-state index in [1.165, 1.54) is 0 Å². The quantitative estimate of drug-likeness (QED) is 0.834. The molecule has 1 aromatic heterocycles. The summed E-state index contributed by atoms with van der Waals surface area (Å²) in [4.78, 5) is 23.2. The zero-order chi connectivity index (χ0) is 12.6. The second-order valence-electron chi connectivity index (χ2n) is 5.88. The summed E-state index contributed by atoms with van der Waals surface area (Å²) in [6, 6.07) is 0. The predicted molar refractivity (Wildman–Crippen MR) is 72.0 cm³/mol. The van der Waals surface area contributed by atoms with Gasteiger partial charge in [-0.1, -0.05) is 39.3 Å². The summed E-state index contributed by atoms with van der Waals surface area (Å²) in [5.41, 5.74) is -0.199. The van der Waals surface area contributed by atoms with Crippen LogP contribution in [0.15, 0.2) is 11.1 Å². The molecule has 0 aromatic carbocycles. The highest BCUT2D eigenvalue weighted by molar-refractivity contribution is 6.79. The van der Waals surface area contributed by atoms with Crippen molar-refractivity contribution in [3.05, 3.63) is 16.8 Å². The predicted octanol–water partition coefficient (Wildman–Crippen LogP) is 1.57. The minimum absolute atomic E-state index is 0.199. The molecular formula is C9H20N4OSi2. The van der Waals surface area contributed by atoms with E-state index in [-0.39, 0.29) is 5.69 Å². The SMILES string of the molecule is C[Si](C)(C)Nc1ncn([Si](C)(C)C)c(=O)n1. The van der Waals surface area contributed by atoms with Gasteiger partial charge in [-0.25, -0.2) is 9.78 Å². The molecule has 0 aliphatic carbocycles.